The van der Waals surface area contributed by atoms with E-state index < -0.39 is 5.97 Å². The SMILES string of the molecule is COCC(NC(=O)C1CCC(C(=O)O)CC1)C(C)C. The molecular weight excluding hydrogens is 246 g/mol. The Hall–Kier alpha value is -1.10. The van der Waals surface area contributed by atoms with E-state index in [9.17, 15) is 9.59 Å². The molecule has 0 saturated heterocycles. The molecule has 0 aromatic rings. The van der Waals surface area contributed by atoms with Crippen LogP contribution in [-0.4, -0.2) is 36.7 Å². The van der Waals surface area contributed by atoms with Gasteiger partial charge >= 0.3 is 5.97 Å². The van der Waals surface area contributed by atoms with Crippen molar-refractivity contribution in [1.82, 2.24) is 5.32 Å². The summed E-state index contributed by atoms with van der Waals surface area (Å²) in [5.74, 6) is -0.699. The van der Waals surface area contributed by atoms with E-state index in [1.165, 1.54) is 0 Å². The molecule has 0 spiro atoms. The van der Waals surface area contributed by atoms with Crippen LogP contribution in [0.2, 0.25) is 0 Å². The second-order valence-corrected chi connectivity index (χ2v) is 5.70. The van der Waals surface area contributed by atoms with Gasteiger partial charge in [-0.2, -0.15) is 0 Å². The van der Waals surface area contributed by atoms with Gasteiger partial charge in [-0.15, -0.1) is 0 Å². The molecule has 0 aliphatic heterocycles. The lowest BCUT2D eigenvalue weighted by Crippen LogP contribution is -2.45. The van der Waals surface area contributed by atoms with Crippen LogP contribution < -0.4 is 5.32 Å². The summed E-state index contributed by atoms with van der Waals surface area (Å²) in [6.45, 7) is 4.60. The Balaban J connectivity index is 2.44. The van der Waals surface area contributed by atoms with E-state index in [-0.39, 0.29) is 23.8 Å². The third-order valence-electron chi connectivity index (χ3n) is 3.93. The maximum Gasteiger partial charge on any atom is 0.306 e. The lowest BCUT2D eigenvalue weighted by Gasteiger charge is -2.28. The molecule has 1 atom stereocenters. The van der Waals surface area contributed by atoms with Crippen LogP contribution in [0.15, 0.2) is 0 Å². The Morgan fingerprint density at radius 3 is 2.16 bits per heavy atom. The van der Waals surface area contributed by atoms with Crippen LogP contribution in [0.3, 0.4) is 0 Å². The van der Waals surface area contributed by atoms with Crippen LogP contribution in [-0.2, 0) is 14.3 Å². The molecule has 1 rings (SSSR count). The number of ether oxygens (including phenoxy) is 1. The number of amides is 1. The van der Waals surface area contributed by atoms with E-state index >= 15 is 0 Å². The average Bonchev–Trinajstić information content (AvgIpc) is 2.38. The fraction of sp³-hybridized carbons (Fsp3) is 0.857. The molecule has 19 heavy (non-hydrogen) atoms. The van der Waals surface area contributed by atoms with E-state index in [2.05, 4.69) is 5.32 Å². The third kappa shape index (κ3) is 4.82. The first-order valence-electron chi connectivity index (χ1n) is 6.97. The molecule has 1 aliphatic rings. The van der Waals surface area contributed by atoms with Crippen molar-refractivity contribution in [3.8, 4) is 0 Å². The molecule has 0 radical (unpaired) electrons. The third-order valence-corrected chi connectivity index (χ3v) is 3.93. The number of carbonyl (C=O) groups excluding carboxylic acids is 1. The largest absolute Gasteiger partial charge is 0.481 e. The van der Waals surface area contributed by atoms with Crippen LogP contribution in [0.4, 0.5) is 0 Å². The van der Waals surface area contributed by atoms with Crippen LogP contribution in [0, 0.1) is 17.8 Å². The zero-order chi connectivity index (χ0) is 14.4. The zero-order valence-electron chi connectivity index (χ0n) is 12.0. The van der Waals surface area contributed by atoms with Gasteiger partial charge in [0.1, 0.15) is 0 Å². The summed E-state index contributed by atoms with van der Waals surface area (Å²) < 4.78 is 5.11. The van der Waals surface area contributed by atoms with Gasteiger partial charge < -0.3 is 15.2 Å². The summed E-state index contributed by atoms with van der Waals surface area (Å²) in [7, 11) is 1.62. The first-order valence-corrected chi connectivity index (χ1v) is 6.97. The van der Waals surface area contributed by atoms with Crippen molar-refractivity contribution in [3.63, 3.8) is 0 Å². The van der Waals surface area contributed by atoms with Gasteiger partial charge in [-0.05, 0) is 31.6 Å². The molecule has 0 bridgehead atoms. The highest BCUT2D eigenvalue weighted by atomic mass is 16.5. The second kappa shape index (κ2) is 7.48. The highest BCUT2D eigenvalue weighted by Crippen LogP contribution is 2.29. The average molecular weight is 271 g/mol. The van der Waals surface area contributed by atoms with Gasteiger partial charge in [0, 0.05) is 13.0 Å². The number of hydrogen-bond donors (Lipinski definition) is 2. The van der Waals surface area contributed by atoms with Crippen molar-refractivity contribution in [2.75, 3.05) is 13.7 Å². The fourth-order valence-electron chi connectivity index (χ4n) is 2.48. The number of carboxylic acid groups (broad SMARTS) is 1. The van der Waals surface area contributed by atoms with E-state index in [4.69, 9.17) is 9.84 Å². The van der Waals surface area contributed by atoms with Crippen molar-refractivity contribution in [2.24, 2.45) is 17.8 Å². The molecule has 0 heterocycles. The molecule has 110 valence electrons. The summed E-state index contributed by atoms with van der Waals surface area (Å²) in [6, 6.07) is 0.0229. The smallest absolute Gasteiger partial charge is 0.306 e. The van der Waals surface area contributed by atoms with Crippen molar-refractivity contribution < 1.29 is 19.4 Å². The number of carbonyl (C=O) groups is 2. The van der Waals surface area contributed by atoms with E-state index in [1.807, 2.05) is 13.8 Å². The molecule has 0 aromatic heterocycles. The van der Waals surface area contributed by atoms with Gasteiger partial charge in [-0.3, -0.25) is 9.59 Å². The Morgan fingerprint density at radius 2 is 1.74 bits per heavy atom. The molecule has 5 heteroatoms. The van der Waals surface area contributed by atoms with Crippen molar-refractivity contribution in [3.05, 3.63) is 0 Å². The van der Waals surface area contributed by atoms with Crippen LogP contribution in [0.5, 0.6) is 0 Å². The summed E-state index contributed by atoms with van der Waals surface area (Å²) in [6.07, 6.45) is 2.54. The second-order valence-electron chi connectivity index (χ2n) is 5.70. The number of rotatable bonds is 6. The molecule has 1 saturated carbocycles. The molecule has 1 fully saturated rings. The lowest BCUT2D eigenvalue weighted by molar-refractivity contribution is -0.144. The van der Waals surface area contributed by atoms with Crippen molar-refractivity contribution in [1.29, 1.82) is 0 Å². The van der Waals surface area contributed by atoms with Gasteiger partial charge in [0.25, 0.3) is 0 Å². The fourth-order valence-corrected chi connectivity index (χ4v) is 2.48. The molecule has 0 aromatic carbocycles. The van der Waals surface area contributed by atoms with Crippen molar-refractivity contribution >= 4 is 11.9 Å². The maximum atomic E-state index is 12.2. The normalized spacial score (nSPS) is 25.1. The number of methoxy groups -OCH3 is 1. The Morgan fingerprint density at radius 1 is 1.21 bits per heavy atom. The standard InChI is InChI=1S/C14H25NO4/c1-9(2)12(8-19-3)15-13(16)10-4-6-11(7-5-10)14(17)18/h9-12H,4-8H2,1-3H3,(H,15,16)(H,17,18). The van der Waals surface area contributed by atoms with Crippen molar-refractivity contribution in [2.45, 2.75) is 45.6 Å². The van der Waals surface area contributed by atoms with Gasteiger partial charge in [0.05, 0.1) is 18.6 Å². The van der Waals surface area contributed by atoms with Gasteiger partial charge in [0.2, 0.25) is 5.91 Å². The van der Waals surface area contributed by atoms with Crippen LogP contribution in [0.1, 0.15) is 39.5 Å². The summed E-state index contributed by atoms with van der Waals surface area (Å²) in [5.41, 5.74) is 0. The first kappa shape index (κ1) is 16.0. The van der Waals surface area contributed by atoms with Crippen LogP contribution >= 0.6 is 0 Å². The zero-order valence-corrected chi connectivity index (χ0v) is 12.0. The molecule has 1 aliphatic carbocycles. The number of aliphatic carboxylic acids is 1. The molecular formula is C14H25NO4. The molecule has 2 N–H and O–H groups in total. The highest BCUT2D eigenvalue weighted by Gasteiger charge is 2.30. The van der Waals surface area contributed by atoms with E-state index in [1.54, 1.807) is 7.11 Å². The van der Waals surface area contributed by atoms with E-state index in [0.29, 0.717) is 38.2 Å². The minimum absolute atomic E-state index is 0.0229. The Bertz CT molecular complexity index is 309. The molecule has 1 amide bonds. The van der Waals surface area contributed by atoms with Crippen LogP contribution in [0.25, 0.3) is 0 Å². The minimum atomic E-state index is -0.738. The monoisotopic (exact) mass is 271 g/mol. The maximum absolute atomic E-state index is 12.2. The number of hydrogen-bond acceptors (Lipinski definition) is 3. The van der Waals surface area contributed by atoms with Gasteiger partial charge in [-0.1, -0.05) is 13.8 Å². The topological polar surface area (TPSA) is 75.6 Å². The summed E-state index contributed by atoms with van der Waals surface area (Å²) in [4.78, 5) is 23.0. The minimum Gasteiger partial charge on any atom is -0.481 e. The highest BCUT2D eigenvalue weighted by molar-refractivity contribution is 5.79. The molecule has 1 unspecified atom stereocenters. The first-order chi connectivity index (χ1) is 8.95. The summed E-state index contributed by atoms with van der Waals surface area (Å²) in [5, 5.41) is 12.0. The lowest BCUT2D eigenvalue weighted by atomic mass is 9.81. The van der Waals surface area contributed by atoms with Gasteiger partial charge in [0.15, 0.2) is 0 Å². The molecule has 5 nitrogen and oxygen atoms in total. The predicted octanol–water partition coefficient (Wildman–Crippen LogP) is 1.66. The quantitative estimate of drug-likeness (QED) is 0.770. The van der Waals surface area contributed by atoms with E-state index in [0.717, 1.165) is 0 Å². The predicted molar refractivity (Wildman–Crippen MR) is 71.7 cm³/mol. The van der Waals surface area contributed by atoms with Gasteiger partial charge in [-0.25, -0.2) is 0 Å². The number of nitrogens with one attached hydrogen (secondary N) is 1. The summed E-state index contributed by atoms with van der Waals surface area (Å²) >= 11 is 0. The Kier molecular flexibility index (Phi) is 6.28. The number of carboxylic acids is 1. The Labute approximate surface area is 114 Å².